The lowest BCUT2D eigenvalue weighted by atomic mass is 10.1. The molecule has 0 aliphatic heterocycles. The van der Waals surface area contributed by atoms with Gasteiger partial charge in [-0.2, -0.15) is 0 Å². The number of hydrogen-bond acceptors (Lipinski definition) is 4. The number of benzene rings is 2. The van der Waals surface area contributed by atoms with Crippen LogP contribution >= 0.6 is 0 Å². The molecule has 0 saturated heterocycles. The molecule has 0 aliphatic rings. The standard InChI is InChI=1S/C21H18N4O2/c1-15-10-11-24-19(12-15)23-20(17-8-5-9-18(13-17)25(26)27)21(24)22-14-16-6-3-2-4-7-16/h2-13,22H,14H2,1H3. The van der Waals surface area contributed by atoms with E-state index in [2.05, 4.69) is 5.32 Å². The van der Waals surface area contributed by atoms with Crippen LogP contribution in [0.25, 0.3) is 16.9 Å². The van der Waals surface area contributed by atoms with Crippen molar-refractivity contribution in [1.29, 1.82) is 0 Å². The summed E-state index contributed by atoms with van der Waals surface area (Å²) >= 11 is 0. The number of hydrogen-bond donors (Lipinski definition) is 1. The maximum absolute atomic E-state index is 11.2. The zero-order valence-electron chi connectivity index (χ0n) is 14.8. The van der Waals surface area contributed by atoms with Crippen LogP contribution in [0.5, 0.6) is 0 Å². The van der Waals surface area contributed by atoms with Crippen LogP contribution in [0, 0.1) is 17.0 Å². The van der Waals surface area contributed by atoms with Crippen LogP contribution in [-0.4, -0.2) is 14.3 Å². The number of aromatic nitrogens is 2. The number of anilines is 1. The van der Waals surface area contributed by atoms with Gasteiger partial charge in [0.1, 0.15) is 17.2 Å². The van der Waals surface area contributed by atoms with Crippen LogP contribution < -0.4 is 5.32 Å². The molecule has 0 atom stereocenters. The monoisotopic (exact) mass is 358 g/mol. The molecule has 0 amide bonds. The van der Waals surface area contributed by atoms with Crippen LogP contribution in [0.2, 0.25) is 0 Å². The smallest absolute Gasteiger partial charge is 0.270 e. The molecule has 2 aromatic carbocycles. The fourth-order valence-corrected chi connectivity index (χ4v) is 3.07. The lowest BCUT2D eigenvalue weighted by molar-refractivity contribution is -0.384. The number of non-ortho nitro benzene ring substituents is 1. The normalized spacial score (nSPS) is 10.9. The van der Waals surface area contributed by atoms with E-state index in [1.807, 2.05) is 66.1 Å². The second-order valence-electron chi connectivity index (χ2n) is 6.39. The van der Waals surface area contributed by atoms with Crippen molar-refractivity contribution in [3.8, 4) is 11.3 Å². The van der Waals surface area contributed by atoms with Crippen molar-refractivity contribution < 1.29 is 4.92 Å². The Morgan fingerprint density at radius 2 is 1.89 bits per heavy atom. The lowest BCUT2D eigenvalue weighted by Gasteiger charge is -2.09. The Morgan fingerprint density at radius 3 is 2.67 bits per heavy atom. The summed E-state index contributed by atoms with van der Waals surface area (Å²) in [6, 6.07) is 20.7. The Balaban J connectivity index is 1.81. The van der Waals surface area contributed by atoms with Crippen molar-refractivity contribution in [2.75, 3.05) is 5.32 Å². The number of rotatable bonds is 5. The van der Waals surface area contributed by atoms with Crippen molar-refractivity contribution in [2.24, 2.45) is 0 Å². The molecule has 6 heteroatoms. The van der Waals surface area contributed by atoms with Crippen LogP contribution in [0.1, 0.15) is 11.1 Å². The summed E-state index contributed by atoms with van der Waals surface area (Å²) in [4.78, 5) is 15.5. The molecule has 27 heavy (non-hydrogen) atoms. The maximum Gasteiger partial charge on any atom is 0.270 e. The van der Waals surface area contributed by atoms with Crippen LogP contribution in [0.4, 0.5) is 11.5 Å². The molecule has 134 valence electrons. The highest BCUT2D eigenvalue weighted by atomic mass is 16.6. The molecular weight excluding hydrogens is 340 g/mol. The van der Waals surface area contributed by atoms with Gasteiger partial charge >= 0.3 is 0 Å². The Bertz CT molecular complexity index is 1120. The van der Waals surface area contributed by atoms with E-state index < -0.39 is 0 Å². The van der Waals surface area contributed by atoms with Gasteiger partial charge in [0.05, 0.1) is 4.92 Å². The molecule has 1 N–H and O–H groups in total. The molecule has 4 rings (SSSR count). The minimum atomic E-state index is -0.388. The van der Waals surface area contributed by atoms with Gasteiger partial charge in [0.2, 0.25) is 0 Å². The minimum Gasteiger partial charge on any atom is -0.365 e. The first-order valence-corrected chi connectivity index (χ1v) is 8.63. The van der Waals surface area contributed by atoms with Crippen molar-refractivity contribution in [1.82, 2.24) is 9.38 Å². The summed E-state index contributed by atoms with van der Waals surface area (Å²) < 4.78 is 1.98. The Kier molecular flexibility index (Phi) is 4.30. The van der Waals surface area contributed by atoms with Gasteiger partial charge in [0.25, 0.3) is 5.69 Å². The molecule has 0 radical (unpaired) electrons. The Morgan fingerprint density at radius 1 is 1.07 bits per heavy atom. The Labute approximate surface area is 156 Å². The van der Waals surface area contributed by atoms with E-state index in [1.54, 1.807) is 12.1 Å². The van der Waals surface area contributed by atoms with E-state index in [1.165, 1.54) is 6.07 Å². The number of nitrogens with one attached hydrogen (secondary N) is 1. The topological polar surface area (TPSA) is 72.5 Å². The third-order valence-electron chi connectivity index (χ3n) is 4.41. The molecule has 0 unspecified atom stereocenters. The van der Waals surface area contributed by atoms with Gasteiger partial charge in [-0.05, 0) is 30.2 Å². The molecule has 6 nitrogen and oxygen atoms in total. The van der Waals surface area contributed by atoms with Gasteiger partial charge in [-0.25, -0.2) is 4.98 Å². The fourth-order valence-electron chi connectivity index (χ4n) is 3.07. The third-order valence-corrected chi connectivity index (χ3v) is 4.41. The molecule has 0 bridgehead atoms. The highest BCUT2D eigenvalue weighted by Gasteiger charge is 2.16. The van der Waals surface area contributed by atoms with E-state index in [-0.39, 0.29) is 10.6 Å². The number of nitro groups is 1. The van der Waals surface area contributed by atoms with Gasteiger partial charge in [0.15, 0.2) is 0 Å². The number of nitro benzene ring substituents is 1. The summed E-state index contributed by atoms with van der Waals surface area (Å²) in [7, 11) is 0. The molecule has 0 saturated carbocycles. The number of pyridine rings is 1. The summed E-state index contributed by atoms with van der Waals surface area (Å²) in [5, 5.41) is 14.6. The molecule has 0 spiro atoms. The molecule has 0 aliphatic carbocycles. The van der Waals surface area contributed by atoms with Crippen LogP contribution in [-0.2, 0) is 6.54 Å². The number of fused-ring (bicyclic) bond motifs is 1. The molecular formula is C21H18N4O2. The summed E-state index contributed by atoms with van der Waals surface area (Å²) in [5.74, 6) is 0.814. The number of aryl methyl sites for hydroxylation is 1. The molecule has 4 aromatic rings. The highest BCUT2D eigenvalue weighted by Crippen LogP contribution is 2.31. The fraction of sp³-hybridized carbons (Fsp3) is 0.0952. The first-order valence-electron chi connectivity index (χ1n) is 8.63. The van der Waals surface area contributed by atoms with E-state index in [9.17, 15) is 10.1 Å². The van der Waals surface area contributed by atoms with E-state index in [4.69, 9.17) is 4.98 Å². The summed E-state index contributed by atoms with van der Waals surface area (Å²) in [5.41, 5.74) is 4.50. The quantitative estimate of drug-likeness (QED) is 0.410. The van der Waals surface area contributed by atoms with Crippen molar-refractivity contribution >= 4 is 17.2 Å². The van der Waals surface area contributed by atoms with Gasteiger partial charge in [-0.3, -0.25) is 14.5 Å². The van der Waals surface area contributed by atoms with E-state index in [0.29, 0.717) is 17.8 Å². The minimum absolute atomic E-state index is 0.0507. The number of imidazole rings is 1. The van der Waals surface area contributed by atoms with Gasteiger partial charge in [0, 0.05) is 30.4 Å². The molecule has 2 aromatic heterocycles. The SMILES string of the molecule is Cc1ccn2c(NCc3ccccc3)c(-c3cccc([N+](=O)[O-])c3)nc2c1. The van der Waals surface area contributed by atoms with E-state index in [0.717, 1.165) is 22.6 Å². The third kappa shape index (κ3) is 3.37. The summed E-state index contributed by atoms with van der Waals surface area (Å²) in [6.45, 7) is 2.64. The Hall–Kier alpha value is -3.67. The van der Waals surface area contributed by atoms with Gasteiger partial charge in [-0.1, -0.05) is 42.5 Å². The average Bonchev–Trinajstić information content (AvgIpc) is 3.04. The zero-order chi connectivity index (χ0) is 18.8. The molecule has 0 fully saturated rings. The van der Waals surface area contributed by atoms with Crippen molar-refractivity contribution in [3.63, 3.8) is 0 Å². The first-order chi connectivity index (χ1) is 13.1. The predicted molar refractivity (Wildman–Crippen MR) is 106 cm³/mol. The van der Waals surface area contributed by atoms with Crippen molar-refractivity contribution in [2.45, 2.75) is 13.5 Å². The van der Waals surface area contributed by atoms with Gasteiger partial charge < -0.3 is 5.32 Å². The number of nitrogens with zero attached hydrogens (tertiary/aromatic N) is 3. The zero-order valence-corrected chi connectivity index (χ0v) is 14.8. The van der Waals surface area contributed by atoms with E-state index >= 15 is 0 Å². The predicted octanol–water partition coefficient (Wildman–Crippen LogP) is 4.83. The average molecular weight is 358 g/mol. The largest absolute Gasteiger partial charge is 0.365 e. The molecule has 2 heterocycles. The second-order valence-corrected chi connectivity index (χ2v) is 6.39. The maximum atomic E-state index is 11.2. The van der Waals surface area contributed by atoms with Crippen LogP contribution in [0.15, 0.2) is 72.9 Å². The highest BCUT2D eigenvalue weighted by molar-refractivity contribution is 5.77. The van der Waals surface area contributed by atoms with Gasteiger partial charge in [-0.15, -0.1) is 0 Å². The van der Waals surface area contributed by atoms with Crippen molar-refractivity contribution in [3.05, 3.63) is 94.2 Å². The second kappa shape index (κ2) is 6.92. The lowest BCUT2D eigenvalue weighted by Crippen LogP contribution is -2.03. The first kappa shape index (κ1) is 16.8. The summed E-state index contributed by atoms with van der Waals surface area (Å²) in [6.07, 6.45) is 1.96. The van der Waals surface area contributed by atoms with Crippen LogP contribution in [0.3, 0.4) is 0 Å².